The number of aromatic nitrogens is 2. The second kappa shape index (κ2) is 4.30. The molecule has 0 bridgehead atoms. The van der Waals surface area contributed by atoms with Gasteiger partial charge in [-0.2, -0.15) is 16.9 Å². The maximum absolute atomic E-state index is 6.21. The van der Waals surface area contributed by atoms with Crippen LogP contribution in [0.5, 0.6) is 0 Å². The predicted octanol–water partition coefficient (Wildman–Crippen LogP) is 1.35. The van der Waals surface area contributed by atoms with Crippen LogP contribution in [0.2, 0.25) is 0 Å². The molecule has 1 aromatic rings. The summed E-state index contributed by atoms with van der Waals surface area (Å²) in [6.07, 6.45) is 2.99. The van der Waals surface area contributed by atoms with Gasteiger partial charge in [-0.15, -0.1) is 0 Å². The first-order valence-electron chi connectivity index (χ1n) is 6.21. The van der Waals surface area contributed by atoms with Crippen molar-refractivity contribution in [2.45, 2.75) is 30.2 Å². The third kappa shape index (κ3) is 1.72. The number of morpholine rings is 1. The van der Waals surface area contributed by atoms with Gasteiger partial charge in [0.25, 0.3) is 0 Å². The fourth-order valence-corrected chi connectivity index (χ4v) is 4.43. The first-order chi connectivity index (χ1) is 8.24. The zero-order chi connectivity index (χ0) is 11.9. The molecule has 3 atom stereocenters. The van der Waals surface area contributed by atoms with Crippen molar-refractivity contribution in [1.82, 2.24) is 15.1 Å². The van der Waals surface area contributed by atoms with Gasteiger partial charge in [-0.3, -0.25) is 4.68 Å². The van der Waals surface area contributed by atoms with Crippen LogP contribution in [0.25, 0.3) is 0 Å². The molecule has 3 unspecified atom stereocenters. The molecule has 2 aliphatic heterocycles. The molecule has 5 heteroatoms. The van der Waals surface area contributed by atoms with Crippen molar-refractivity contribution in [2.75, 3.05) is 18.9 Å². The van der Waals surface area contributed by atoms with E-state index in [0.29, 0.717) is 5.25 Å². The second-order valence-corrected chi connectivity index (χ2v) is 6.28. The molecule has 2 saturated heterocycles. The lowest BCUT2D eigenvalue weighted by molar-refractivity contribution is -0.0957. The minimum absolute atomic E-state index is 0.0449. The lowest BCUT2D eigenvalue weighted by atomic mass is 9.85. The van der Waals surface area contributed by atoms with Crippen LogP contribution < -0.4 is 5.32 Å². The fourth-order valence-electron chi connectivity index (χ4n) is 3.03. The molecular formula is C12H19N3OS. The third-order valence-electron chi connectivity index (χ3n) is 4.01. The Morgan fingerprint density at radius 2 is 2.53 bits per heavy atom. The zero-order valence-corrected chi connectivity index (χ0v) is 11.2. The average molecular weight is 253 g/mol. The summed E-state index contributed by atoms with van der Waals surface area (Å²) in [5, 5.41) is 8.45. The Balaban J connectivity index is 1.98. The molecule has 2 aliphatic rings. The van der Waals surface area contributed by atoms with Crippen molar-refractivity contribution >= 4 is 11.8 Å². The van der Waals surface area contributed by atoms with Crippen LogP contribution in [0.15, 0.2) is 12.3 Å². The van der Waals surface area contributed by atoms with Crippen LogP contribution in [0.3, 0.4) is 0 Å². The molecular weight excluding hydrogens is 234 g/mol. The summed E-state index contributed by atoms with van der Waals surface area (Å²) in [4.78, 5) is 0. The van der Waals surface area contributed by atoms with Crippen molar-refractivity contribution in [3.63, 3.8) is 0 Å². The smallest absolute Gasteiger partial charge is 0.101 e. The molecule has 3 heterocycles. The summed E-state index contributed by atoms with van der Waals surface area (Å²) in [7, 11) is 2.01. The molecule has 0 aromatic carbocycles. The largest absolute Gasteiger partial charge is 0.370 e. The van der Waals surface area contributed by atoms with E-state index < -0.39 is 0 Å². The number of ether oxygens (including phenoxy) is 1. The van der Waals surface area contributed by atoms with Gasteiger partial charge >= 0.3 is 0 Å². The normalized spacial score (nSPS) is 37.8. The standard InChI is InChI=1S/C12H19N3OS/c1-9-12(4-8-17-9)11(13-6-7-16-12)10-3-5-14-15(10)2/h3,5,9,11,13H,4,6-8H2,1-2H3. The molecule has 1 spiro atoms. The summed E-state index contributed by atoms with van der Waals surface area (Å²) in [5.41, 5.74) is 1.19. The fraction of sp³-hybridized carbons (Fsp3) is 0.750. The molecule has 0 saturated carbocycles. The van der Waals surface area contributed by atoms with Crippen LogP contribution in [-0.4, -0.2) is 39.5 Å². The summed E-state index contributed by atoms with van der Waals surface area (Å²) in [5.74, 6) is 1.19. The van der Waals surface area contributed by atoms with Gasteiger partial charge in [-0.1, -0.05) is 6.92 Å². The highest BCUT2D eigenvalue weighted by Gasteiger charge is 2.51. The van der Waals surface area contributed by atoms with Crippen LogP contribution in [-0.2, 0) is 11.8 Å². The summed E-state index contributed by atoms with van der Waals surface area (Å²) in [6.45, 7) is 4.03. The molecule has 0 radical (unpaired) electrons. The van der Waals surface area contributed by atoms with Crippen molar-refractivity contribution < 1.29 is 4.74 Å². The lowest BCUT2D eigenvalue weighted by Crippen LogP contribution is -2.55. The van der Waals surface area contributed by atoms with E-state index in [-0.39, 0.29) is 11.6 Å². The molecule has 3 rings (SSSR count). The van der Waals surface area contributed by atoms with Crippen LogP contribution in [0.1, 0.15) is 25.1 Å². The highest BCUT2D eigenvalue weighted by molar-refractivity contribution is 8.00. The van der Waals surface area contributed by atoms with Gasteiger partial charge < -0.3 is 10.1 Å². The van der Waals surface area contributed by atoms with Crippen LogP contribution in [0.4, 0.5) is 0 Å². The van der Waals surface area contributed by atoms with Crippen molar-refractivity contribution in [3.8, 4) is 0 Å². The lowest BCUT2D eigenvalue weighted by Gasteiger charge is -2.44. The number of rotatable bonds is 1. The maximum Gasteiger partial charge on any atom is 0.101 e. The van der Waals surface area contributed by atoms with E-state index >= 15 is 0 Å². The van der Waals surface area contributed by atoms with E-state index in [1.807, 2.05) is 29.7 Å². The molecule has 94 valence electrons. The van der Waals surface area contributed by atoms with Gasteiger partial charge in [-0.25, -0.2) is 0 Å². The Labute approximate surface area is 106 Å². The highest BCUT2D eigenvalue weighted by Crippen LogP contribution is 2.47. The van der Waals surface area contributed by atoms with Gasteiger partial charge in [0, 0.05) is 25.0 Å². The summed E-state index contributed by atoms with van der Waals surface area (Å²) in [6, 6.07) is 2.37. The van der Waals surface area contributed by atoms with Crippen LogP contribution >= 0.6 is 11.8 Å². The van der Waals surface area contributed by atoms with Crippen molar-refractivity contribution in [3.05, 3.63) is 18.0 Å². The Bertz CT molecular complexity index is 408. The molecule has 17 heavy (non-hydrogen) atoms. The molecule has 1 N–H and O–H groups in total. The van der Waals surface area contributed by atoms with Gasteiger partial charge in [0.05, 0.1) is 18.3 Å². The summed E-state index contributed by atoms with van der Waals surface area (Å²) < 4.78 is 8.17. The molecule has 0 amide bonds. The Morgan fingerprint density at radius 1 is 1.65 bits per heavy atom. The van der Waals surface area contributed by atoms with E-state index in [1.54, 1.807) is 0 Å². The Morgan fingerprint density at radius 3 is 3.18 bits per heavy atom. The number of hydrogen-bond donors (Lipinski definition) is 1. The second-order valence-electron chi connectivity index (χ2n) is 4.83. The zero-order valence-electron chi connectivity index (χ0n) is 10.3. The van der Waals surface area contributed by atoms with Gasteiger partial charge in [0.1, 0.15) is 5.60 Å². The number of nitrogens with one attached hydrogen (secondary N) is 1. The first kappa shape index (κ1) is 11.6. The van der Waals surface area contributed by atoms with Crippen molar-refractivity contribution in [1.29, 1.82) is 0 Å². The number of nitrogens with zero attached hydrogens (tertiary/aromatic N) is 2. The SMILES string of the molecule is CC1SCCC12OCCNC2c1ccnn1C. The van der Waals surface area contributed by atoms with Crippen LogP contribution in [0, 0.1) is 0 Å². The minimum atomic E-state index is -0.0449. The van der Waals surface area contributed by atoms with Gasteiger partial charge in [0.2, 0.25) is 0 Å². The monoisotopic (exact) mass is 253 g/mol. The van der Waals surface area contributed by atoms with E-state index in [2.05, 4.69) is 23.4 Å². The number of thioether (sulfide) groups is 1. The van der Waals surface area contributed by atoms with Gasteiger partial charge in [-0.05, 0) is 18.2 Å². The van der Waals surface area contributed by atoms with Crippen molar-refractivity contribution in [2.24, 2.45) is 7.05 Å². The van der Waals surface area contributed by atoms with Gasteiger partial charge in [0.15, 0.2) is 0 Å². The summed E-state index contributed by atoms with van der Waals surface area (Å²) >= 11 is 2.01. The number of hydrogen-bond acceptors (Lipinski definition) is 4. The number of aryl methyl sites for hydroxylation is 1. The Kier molecular flexibility index (Phi) is 2.92. The highest BCUT2D eigenvalue weighted by atomic mass is 32.2. The third-order valence-corrected chi connectivity index (χ3v) is 5.35. The predicted molar refractivity (Wildman–Crippen MR) is 69.2 cm³/mol. The average Bonchev–Trinajstić information content (AvgIpc) is 2.89. The maximum atomic E-state index is 6.21. The topological polar surface area (TPSA) is 39.1 Å². The Hall–Kier alpha value is -0.520. The van der Waals surface area contributed by atoms with E-state index in [1.165, 1.54) is 11.4 Å². The molecule has 1 aromatic heterocycles. The molecule has 0 aliphatic carbocycles. The minimum Gasteiger partial charge on any atom is -0.370 e. The molecule has 4 nitrogen and oxygen atoms in total. The van der Waals surface area contributed by atoms with E-state index in [9.17, 15) is 0 Å². The van der Waals surface area contributed by atoms with E-state index in [4.69, 9.17) is 4.74 Å². The first-order valence-corrected chi connectivity index (χ1v) is 7.26. The molecule has 2 fully saturated rings. The van der Waals surface area contributed by atoms with E-state index in [0.717, 1.165) is 19.6 Å². The quantitative estimate of drug-likeness (QED) is 0.820.